The van der Waals surface area contributed by atoms with E-state index in [0.717, 1.165) is 17.6 Å². The number of methoxy groups -OCH3 is 2. The summed E-state index contributed by atoms with van der Waals surface area (Å²) < 4.78 is 55.6. The number of fused-ring (bicyclic) bond motifs is 2. The van der Waals surface area contributed by atoms with Crippen molar-refractivity contribution in [3.05, 3.63) is 29.8 Å². The Hall–Kier alpha value is -1.23. The minimum absolute atomic E-state index is 0.181. The molecule has 140 valence electrons. The zero-order valence-corrected chi connectivity index (χ0v) is 15.2. The standard InChI is InChI=1S/C16H22O8S/c1-19-12-6-4-11(5-7-12)8-21-14-13-15(20-2)24-16(14,9-22-13)10-23-25(3,17)18/h4-7,13-15H,8-10H2,1-3H3/t13-,14+,15+,16-/m1/s1. The average molecular weight is 374 g/mol. The number of ether oxygens (including phenoxy) is 5. The third-order valence-electron chi connectivity index (χ3n) is 4.29. The highest BCUT2D eigenvalue weighted by atomic mass is 32.2. The summed E-state index contributed by atoms with van der Waals surface area (Å²) in [7, 11) is -0.505. The van der Waals surface area contributed by atoms with Gasteiger partial charge in [0.05, 0.1) is 26.6 Å². The van der Waals surface area contributed by atoms with Crippen molar-refractivity contribution in [1.82, 2.24) is 0 Å². The van der Waals surface area contributed by atoms with Crippen LogP contribution in [-0.4, -0.2) is 66.2 Å². The summed E-state index contributed by atoms with van der Waals surface area (Å²) in [5.41, 5.74) is -0.0683. The Morgan fingerprint density at radius 1 is 1.24 bits per heavy atom. The van der Waals surface area contributed by atoms with Gasteiger partial charge in [0.15, 0.2) is 6.29 Å². The minimum Gasteiger partial charge on any atom is -0.497 e. The van der Waals surface area contributed by atoms with Crippen molar-refractivity contribution in [2.45, 2.75) is 30.7 Å². The monoisotopic (exact) mass is 374 g/mol. The molecule has 2 aliphatic rings. The molecule has 2 aliphatic heterocycles. The van der Waals surface area contributed by atoms with Gasteiger partial charge in [-0.25, -0.2) is 0 Å². The maximum absolute atomic E-state index is 11.4. The molecule has 1 aromatic carbocycles. The van der Waals surface area contributed by atoms with Gasteiger partial charge in [0.1, 0.15) is 30.2 Å². The molecule has 4 atom stereocenters. The second-order valence-electron chi connectivity index (χ2n) is 6.11. The van der Waals surface area contributed by atoms with Gasteiger partial charge in [-0.2, -0.15) is 8.42 Å². The normalized spacial score (nSPS) is 31.4. The van der Waals surface area contributed by atoms with Crippen LogP contribution in [0.4, 0.5) is 0 Å². The lowest BCUT2D eigenvalue weighted by atomic mass is 10.0. The van der Waals surface area contributed by atoms with Crippen LogP contribution in [0.2, 0.25) is 0 Å². The zero-order valence-electron chi connectivity index (χ0n) is 14.3. The van der Waals surface area contributed by atoms with E-state index in [2.05, 4.69) is 0 Å². The van der Waals surface area contributed by atoms with Gasteiger partial charge in [-0.1, -0.05) is 12.1 Å². The Morgan fingerprint density at radius 3 is 2.56 bits per heavy atom. The summed E-state index contributed by atoms with van der Waals surface area (Å²) in [5.74, 6) is 0.758. The van der Waals surface area contributed by atoms with E-state index in [1.807, 2.05) is 24.3 Å². The maximum atomic E-state index is 11.4. The van der Waals surface area contributed by atoms with Crippen LogP contribution in [0.25, 0.3) is 0 Å². The topological polar surface area (TPSA) is 89.5 Å². The van der Waals surface area contributed by atoms with Crippen LogP contribution in [0.3, 0.4) is 0 Å². The lowest BCUT2D eigenvalue weighted by Crippen LogP contribution is -2.47. The number of hydrogen-bond donors (Lipinski definition) is 0. The van der Waals surface area contributed by atoms with Crippen molar-refractivity contribution < 1.29 is 36.3 Å². The summed E-state index contributed by atoms with van der Waals surface area (Å²) in [6.07, 6.45) is -0.571. The molecule has 0 amide bonds. The quantitative estimate of drug-likeness (QED) is 0.614. The first-order valence-electron chi connectivity index (χ1n) is 7.78. The van der Waals surface area contributed by atoms with Crippen LogP contribution in [0, 0.1) is 0 Å². The van der Waals surface area contributed by atoms with Gasteiger partial charge in [-0.15, -0.1) is 0 Å². The molecule has 25 heavy (non-hydrogen) atoms. The van der Waals surface area contributed by atoms with Gasteiger partial charge < -0.3 is 23.7 Å². The molecule has 0 radical (unpaired) electrons. The summed E-state index contributed by atoms with van der Waals surface area (Å²) in [4.78, 5) is 0. The van der Waals surface area contributed by atoms with Crippen LogP contribution in [-0.2, 0) is 39.9 Å². The van der Waals surface area contributed by atoms with Gasteiger partial charge in [0, 0.05) is 7.11 Å². The highest BCUT2D eigenvalue weighted by Gasteiger charge is 2.63. The van der Waals surface area contributed by atoms with E-state index in [9.17, 15) is 8.42 Å². The van der Waals surface area contributed by atoms with Crippen LogP contribution in [0.5, 0.6) is 5.75 Å². The highest BCUT2D eigenvalue weighted by molar-refractivity contribution is 7.85. The zero-order chi connectivity index (χ0) is 18.1. The molecule has 8 nitrogen and oxygen atoms in total. The van der Waals surface area contributed by atoms with Crippen molar-refractivity contribution >= 4 is 10.1 Å². The lowest BCUT2D eigenvalue weighted by Gasteiger charge is -2.30. The van der Waals surface area contributed by atoms with Crippen molar-refractivity contribution in [3.63, 3.8) is 0 Å². The molecule has 3 rings (SSSR count). The molecule has 0 saturated carbocycles. The van der Waals surface area contributed by atoms with Gasteiger partial charge in [-0.3, -0.25) is 4.18 Å². The number of hydrogen-bond acceptors (Lipinski definition) is 8. The Bertz CT molecular complexity index is 689. The molecular weight excluding hydrogens is 352 g/mol. The van der Waals surface area contributed by atoms with Crippen molar-refractivity contribution in [3.8, 4) is 5.75 Å². The second-order valence-corrected chi connectivity index (χ2v) is 7.75. The lowest BCUT2D eigenvalue weighted by molar-refractivity contribution is -0.240. The molecule has 2 fully saturated rings. The molecule has 1 aromatic rings. The molecular formula is C16H22O8S. The third kappa shape index (κ3) is 3.97. The molecule has 2 bridgehead atoms. The van der Waals surface area contributed by atoms with Crippen LogP contribution < -0.4 is 4.74 Å². The Labute approximate surface area is 147 Å². The number of benzene rings is 1. The third-order valence-corrected chi connectivity index (χ3v) is 4.84. The second kappa shape index (κ2) is 7.18. The van der Waals surface area contributed by atoms with Crippen LogP contribution >= 0.6 is 0 Å². The average Bonchev–Trinajstić information content (AvgIpc) is 3.10. The van der Waals surface area contributed by atoms with E-state index in [-0.39, 0.29) is 13.2 Å². The largest absolute Gasteiger partial charge is 0.497 e. The molecule has 2 saturated heterocycles. The molecule has 0 aliphatic carbocycles. The van der Waals surface area contributed by atoms with Crippen molar-refractivity contribution in [1.29, 1.82) is 0 Å². The molecule has 0 unspecified atom stereocenters. The minimum atomic E-state index is -3.61. The summed E-state index contributed by atoms with van der Waals surface area (Å²) in [6, 6.07) is 7.47. The predicted molar refractivity (Wildman–Crippen MR) is 86.7 cm³/mol. The van der Waals surface area contributed by atoms with Gasteiger partial charge in [-0.05, 0) is 17.7 Å². The predicted octanol–water partition coefficient (Wildman–Crippen LogP) is 0.697. The maximum Gasteiger partial charge on any atom is 0.264 e. The van der Waals surface area contributed by atoms with Crippen molar-refractivity contribution in [2.24, 2.45) is 0 Å². The van der Waals surface area contributed by atoms with E-state index < -0.39 is 34.2 Å². The fourth-order valence-electron chi connectivity index (χ4n) is 3.03. The fraction of sp³-hybridized carbons (Fsp3) is 0.625. The molecule has 9 heteroatoms. The summed E-state index contributed by atoms with van der Waals surface area (Å²) in [6.45, 7) is 0.310. The Balaban J connectivity index is 1.70. The van der Waals surface area contributed by atoms with E-state index in [0.29, 0.717) is 6.61 Å². The van der Waals surface area contributed by atoms with E-state index in [4.69, 9.17) is 27.9 Å². The van der Waals surface area contributed by atoms with E-state index in [1.54, 1.807) is 7.11 Å². The first-order chi connectivity index (χ1) is 11.9. The fourth-order valence-corrected chi connectivity index (χ4v) is 3.44. The Morgan fingerprint density at radius 2 is 1.96 bits per heavy atom. The molecule has 0 aromatic heterocycles. The smallest absolute Gasteiger partial charge is 0.264 e. The highest BCUT2D eigenvalue weighted by Crippen LogP contribution is 2.43. The van der Waals surface area contributed by atoms with Gasteiger partial charge in [0.2, 0.25) is 0 Å². The molecule has 2 heterocycles. The summed E-state index contributed by atoms with van der Waals surface area (Å²) >= 11 is 0. The van der Waals surface area contributed by atoms with Crippen LogP contribution in [0.15, 0.2) is 24.3 Å². The van der Waals surface area contributed by atoms with Crippen LogP contribution in [0.1, 0.15) is 5.56 Å². The number of rotatable bonds is 8. The Kier molecular flexibility index (Phi) is 5.33. The van der Waals surface area contributed by atoms with Crippen molar-refractivity contribution in [2.75, 3.05) is 33.7 Å². The van der Waals surface area contributed by atoms with Gasteiger partial charge in [0.25, 0.3) is 10.1 Å². The molecule has 0 spiro atoms. The molecule has 0 N–H and O–H groups in total. The SMILES string of the molecule is COc1ccc(CO[C@H]2[C@H]3OC[C@]2(COS(C)(=O)=O)O[C@@H]3OC)cc1. The summed E-state index contributed by atoms with van der Waals surface area (Å²) in [5, 5.41) is 0. The van der Waals surface area contributed by atoms with E-state index in [1.165, 1.54) is 7.11 Å². The first kappa shape index (κ1) is 18.6. The van der Waals surface area contributed by atoms with E-state index >= 15 is 0 Å². The first-order valence-corrected chi connectivity index (χ1v) is 9.60. The van der Waals surface area contributed by atoms with Gasteiger partial charge >= 0.3 is 0 Å².